The van der Waals surface area contributed by atoms with E-state index in [4.69, 9.17) is 23.1 Å². The Morgan fingerprint density at radius 2 is 2.42 bits per heavy atom. The summed E-state index contributed by atoms with van der Waals surface area (Å²) in [6.07, 6.45) is 5.02. The minimum absolute atomic E-state index is 0.281. The summed E-state index contributed by atoms with van der Waals surface area (Å²) in [5.41, 5.74) is 7.55. The molecular weight excluding hydrogens is 258 g/mol. The lowest BCUT2D eigenvalue weighted by Gasteiger charge is -2.32. The molecule has 1 aromatic heterocycles. The highest BCUT2D eigenvalue weighted by Crippen LogP contribution is 2.21. The number of hydrogen-bond donors (Lipinski definition) is 2. The van der Waals surface area contributed by atoms with Gasteiger partial charge in [0.25, 0.3) is 0 Å². The van der Waals surface area contributed by atoms with Crippen LogP contribution in [0.1, 0.15) is 30.5 Å². The van der Waals surface area contributed by atoms with Crippen LogP contribution in [0.25, 0.3) is 0 Å². The summed E-state index contributed by atoms with van der Waals surface area (Å²) >= 11 is 5.05. The van der Waals surface area contributed by atoms with E-state index in [0.717, 1.165) is 37.3 Å². The van der Waals surface area contributed by atoms with Crippen molar-refractivity contribution in [3.8, 4) is 0 Å². The van der Waals surface area contributed by atoms with Crippen LogP contribution in [0.5, 0.6) is 0 Å². The SMILES string of the molecule is NC(=S)c1ncccc1CN1CCCC(CCO)C1. The highest BCUT2D eigenvalue weighted by molar-refractivity contribution is 7.80. The molecule has 1 saturated heterocycles. The molecule has 0 saturated carbocycles. The van der Waals surface area contributed by atoms with Crippen molar-refractivity contribution in [1.82, 2.24) is 9.88 Å². The predicted molar refractivity (Wildman–Crippen MR) is 79.8 cm³/mol. The first-order chi connectivity index (χ1) is 9.20. The van der Waals surface area contributed by atoms with Gasteiger partial charge in [0, 0.05) is 25.9 Å². The number of aromatic nitrogens is 1. The van der Waals surface area contributed by atoms with Crippen LogP contribution in [0.2, 0.25) is 0 Å². The molecule has 1 aromatic rings. The first kappa shape index (κ1) is 14.4. The van der Waals surface area contributed by atoms with E-state index in [1.165, 1.54) is 12.8 Å². The summed E-state index contributed by atoms with van der Waals surface area (Å²) < 4.78 is 0. The Morgan fingerprint density at radius 1 is 1.58 bits per heavy atom. The Balaban J connectivity index is 2.02. The zero-order chi connectivity index (χ0) is 13.7. The number of hydrogen-bond acceptors (Lipinski definition) is 4. The number of thiocarbonyl (C=S) groups is 1. The maximum atomic E-state index is 9.05. The molecule has 0 aromatic carbocycles. The van der Waals surface area contributed by atoms with Crippen LogP contribution in [0.4, 0.5) is 0 Å². The maximum absolute atomic E-state index is 9.05. The Labute approximate surface area is 119 Å². The molecular formula is C14H21N3OS. The molecule has 1 atom stereocenters. The molecule has 2 heterocycles. The molecule has 5 heteroatoms. The van der Waals surface area contributed by atoms with E-state index in [1.807, 2.05) is 12.1 Å². The average Bonchev–Trinajstić information content (AvgIpc) is 2.40. The molecule has 4 nitrogen and oxygen atoms in total. The Kier molecular flexibility index (Phi) is 5.24. The number of likely N-dealkylation sites (tertiary alicyclic amines) is 1. The van der Waals surface area contributed by atoms with Gasteiger partial charge >= 0.3 is 0 Å². The van der Waals surface area contributed by atoms with Gasteiger partial charge in [0.2, 0.25) is 0 Å². The van der Waals surface area contributed by atoms with Gasteiger partial charge in [-0.05, 0) is 43.4 Å². The van der Waals surface area contributed by atoms with Crippen molar-refractivity contribution in [2.75, 3.05) is 19.7 Å². The number of pyridine rings is 1. The van der Waals surface area contributed by atoms with Crippen molar-refractivity contribution in [3.63, 3.8) is 0 Å². The normalized spacial score (nSPS) is 20.4. The third kappa shape index (κ3) is 3.96. The van der Waals surface area contributed by atoms with Crippen molar-refractivity contribution >= 4 is 17.2 Å². The van der Waals surface area contributed by atoms with Crippen molar-refractivity contribution < 1.29 is 5.11 Å². The zero-order valence-electron chi connectivity index (χ0n) is 11.1. The fraction of sp³-hybridized carbons (Fsp3) is 0.571. The predicted octanol–water partition coefficient (Wildman–Crippen LogP) is 1.31. The van der Waals surface area contributed by atoms with E-state index in [0.29, 0.717) is 10.9 Å². The summed E-state index contributed by atoms with van der Waals surface area (Å²) in [5.74, 6) is 0.601. The lowest BCUT2D eigenvalue weighted by atomic mass is 9.95. The number of piperidine rings is 1. The standard InChI is InChI=1S/C14H21N3OS/c15-14(19)13-12(4-1-6-16-13)10-17-7-2-3-11(9-17)5-8-18/h1,4,6,11,18H,2-3,5,7-10H2,(H2,15,19). The van der Waals surface area contributed by atoms with E-state index < -0.39 is 0 Å². The smallest absolute Gasteiger partial charge is 0.123 e. The lowest BCUT2D eigenvalue weighted by Crippen LogP contribution is -2.35. The monoisotopic (exact) mass is 279 g/mol. The van der Waals surface area contributed by atoms with Gasteiger partial charge in [0.15, 0.2) is 0 Å². The minimum Gasteiger partial charge on any atom is -0.396 e. The number of nitrogens with two attached hydrogens (primary N) is 1. The zero-order valence-corrected chi connectivity index (χ0v) is 11.9. The van der Waals surface area contributed by atoms with Crippen LogP contribution in [0.3, 0.4) is 0 Å². The average molecular weight is 279 g/mol. The third-order valence-corrected chi connectivity index (χ3v) is 3.85. The van der Waals surface area contributed by atoms with Gasteiger partial charge in [-0.15, -0.1) is 0 Å². The number of aliphatic hydroxyl groups excluding tert-OH is 1. The second-order valence-electron chi connectivity index (χ2n) is 5.13. The first-order valence-electron chi connectivity index (χ1n) is 6.77. The van der Waals surface area contributed by atoms with Crippen molar-refractivity contribution in [3.05, 3.63) is 29.6 Å². The molecule has 104 valence electrons. The van der Waals surface area contributed by atoms with Gasteiger partial charge in [0.1, 0.15) is 10.7 Å². The summed E-state index contributed by atoms with van der Waals surface area (Å²) in [7, 11) is 0. The largest absolute Gasteiger partial charge is 0.396 e. The van der Waals surface area contributed by atoms with Gasteiger partial charge in [-0.2, -0.15) is 0 Å². The molecule has 0 radical (unpaired) electrons. The van der Waals surface area contributed by atoms with Crippen LogP contribution < -0.4 is 5.73 Å². The van der Waals surface area contributed by atoms with Crippen LogP contribution in [0.15, 0.2) is 18.3 Å². The summed E-state index contributed by atoms with van der Waals surface area (Å²) in [5, 5.41) is 9.05. The number of nitrogens with zero attached hydrogens (tertiary/aromatic N) is 2. The molecule has 2 rings (SSSR count). The molecule has 0 spiro atoms. The third-order valence-electron chi connectivity index (χ3n) is 3.66. The summed E-state index contributed by atoms with van der Waals surface area (Å²) in [4.78, 5) is 7.03. The van der Waals surface area contributed by atoms with E-state index >= 15 is 0 Å². The first-order valence-corrected chi connectivity index (χ1v) is 7.18. The number of aliphatic hydroxyl groups is 1. The fourth-order valence-corrected chi connectivity index (χ4v) is 2.93. The highest BCUT2D eigenvalue weighted by Gasteiger charge is 2.20. The second-order valence-corrected chi connectivity index (χ2v) is 5.57. The quantitative estimate of drug-likeness (QED) is 0.796. The van der Waals surface area contributed by atoms with Gasteiger partial charge in [-0.3, -0.25) is 9.88 Å². The molecule has 3 N–H and O–H groups in total. The van der Waals surface area contributed by atoms with E-state index in [2.05, 4.69) is 9.88 Å². The van der Waals surface area contributed by atoms with E-state index in [-0.39, 0.29) is 6.61 Å². The molecule has 1 aliphatic heterocycles. The summed E-state index contributed by atoms with van der Waals surface area (Å²) in [6, 6.07) is 3.96. The molecule has 0 aliphatic carbocycles. The molecule has 0 amide bonds. The van der Waals surface area contributed by atoms with Crippen LogP contribution in [-0.4, -0.2) is 39.7 Å². The van der Waals surface area contributed by atoms with Crippen LogP contribution in [0, 0.1) is 5.92 Å². The Bertz CT molecular complexity index is 436. The fourth-order valence-electron chi connectivity index (χ4n) is 2.74. The van der Waals surface area contributed by atoms with Gasteiger partial charge in [-0.1, -0.05) is 18.3 Å². The van der Waals surface area contributed by atoms with Crippen LogP contribution in [-0.2, 0) is 6.54 Å². The topological polar surface area (TPSA) is 62.4 Å². The molecule has 1 unspecified atom stereocenters. The van der Waals surface area contributed by atoms with Gasteiger partial charge in [0.05, 0.1) is 0 Å². The van der Waals surface area contributed by atoms with Crippen molar-refractivity contribution in [2.45, 2.75) is 25.8 Å². The van der Waals surface area contributed by atoms with E-state index in [9.17, 15) is 0 Å². The highest BCUT2D eigenvalue weighted by atomic mass is 32.1. The molecule has 1 fully saturated rings. The van der Waals surface area contributed by atoms with Crippen molar-refractivity contribution in [1.29, 1.82) is 0 Å². The number of rotatable bonds is 5. The minimum atomic E-state index is 0.281. The molecule has 1 aliphatic rings. The van der Waals surface area contributed by atoms with Gasteiger partial charge in [-0.25, -0.2) is 0 Å². The lowest BCUT2D eigenvalue weighted by molar-refractivity contribution is 0.142. The molecule has 0 bridgehead atoms. The Hall–Kier alpha value is -1.04. The van der Waals surface area contributed by atoms with E-state index in [1.54, 1.807) is 6.20 Å². The summed E-state index contributed by atoms with van der Waals surface area (Å²) in [6.45, 7) is 3.24. The van der Waals surface area contributed by atoms with Gasteiger partial charge < -0.3 is 10.8 Å². The molecule has 19 heavy (non-hydrogen) atoms. The Morgan fingerprint density at radius 3 is 3.16 bits per heavy atom. The van der Waals surface area contributed by atoms with Crippen LogP contribution >= 0.6 is 12.2 Å². The second kappa shape index (κ2) is 6.93. The van der Waals surface area contributed by atoms with Crippen molar-refractivity contribution in [2.24, 2.45) is 11.7 Å². The maximum Gasteiger partial charge on any atom is 0.123 e.